The standard InChI is InChI=1S/C20H24N4O5/c1-3-9-23-18(26)20(17(25)21(2)19(23)27)12-13-11-14(24(28)29)7-8-15(13)22-10-5-4-6-16(20)22/h7-8,11,16H,3-6,9-10,12H2,1-2H3/t16-,20+/m0/s1. The van der Waals surface area contributed by atoms with Crippen molar-refractivity contribution in [2.24, 2.45) is 5.41 Å². The first-order valence-electron chi connectivity index (χ1n) is 10.0. The number of nitro groups is 1. The quantitative estimate of drug-likeness (QED) is 0.438. The van der Waals surface area contributed by atoms with Gasteiger partial charge in [-0.3, -0.25) is 29.5 Å². The van der Waals surface area contributed by atoms with Gasteiger partial charge in [0.25, 0.3) is 5.69 Å². The van der Waals surface area contributed by atoms with E-state index in [9.17, 15) is 24.5 Å². The number of rotatable bonds is 3. The van der Waals surface area contributed by atoms with Gasteiger partial charge in [0.1, 0.15) is 0 Å². The molecule has 2 fully saturated rings. The van der Waals surface area contributed by atoms with Crippen LogP contribution in [-0.4, -0.2) is 58.7 Å². The summed E-state index contributed by atoms with van der Waals surface area (Å²) >= 11 is 0. The number of carbonyl (C=O) groups is 3. The van der Waals surface area contributed by atoms with Crippen LogP contribution in [0, 0.1) is 15.5 Å². The maximum Gasteiger partial charge on any atom is 0.333 e. The van der Waals surface area contributed by atoms with E-state index in [1.54, 1.807) is 6.07 Å². The van der Waals surface area contributed by atoms with Crippen molar-refractivity contribution in [3.63, 3.8) is 0 Å². The number of urea groups is 1. The summed E-state index contributed by atoms with van der Waals surface area (Å²) in [6.07, 6.45) is 3.12. The molecule has 2 saturated heterocycles. The number of hydrogen-bond acceptors (Lipinski definition) is 6. The van der Waals surface area contributed by atoms with Crippen LogP contribution in [0.1, 0.15) is 38.2 Å². The molecule has 2 atom stereocenters. The molecule has 9 nitrogen and oxygen atoms in total. The number of anilines is 1. The normalized spacial score (nSPS) is 26.6. The van der Waals surface area contributed by atoms with Gasteiger partial charge in [-0.15, -0.1) is 0 Å². The number of non-ortho nitro benzene ring substituents is 1. The van der Waals surface area contributed by atoms with Crippen LogP contribution in [0.2, 0.25) is 0 Å². The van der Waals surface area contributed by atoms with Crippen LogP contribution in [0.25, 0.3) is 0 Å². The van der Waals surface area contributed by atoms with Gasteiger partial charge in [-0.2, -0.15) is 0 Å². The van der Waals surface area contributed by atoms with Crippen molar-refractivity contribution >= 4 is 29.2 Å². The fourth-order valence-corrected chi connectivity index (χ4v) is 5.10. The van der Waals surface area contributed by atoms with E-state index in [1.807, 2.05) is 6.92 Å². The second-order valence-electron chi connectivity index (χ2n) is 8.03. The smallest absolute Gasteiger partial charge is 0.333 e. The second kappa shape index (κ2) is 6.82. The first-order valence-corrected chi connectivity index (χ1v) is 10.0. The Labute approximate surface area is 168 Å². The first kappa shape index (κ1) is 19.4. The molecule has 0 radical (unpaired) electrons. The Morgan fingerprint density at radius 1 is 1.21 bits per heavy atom. The third-order valence-electron chi connectivity index (χ3n) is 6.40. The minimum Gasteiger partial charge on any atom is -0.367 e. The van der Waals surface area contributed by atoms with Gasteiger partial charge >= 0.3 is 6.03 Å². The average Bonchev–Trinajstić information content (AvgIpc) is 2.73. The number of amides is 4. The summed E-state index contributed by atoms with van der Waals surface area (Å²) in [5, 5.41) is 11.3. The van der Waals surface area contributed by atoms with Gasteiger partial charge in [-0.25, -0.2) is 4.79 Å². The molecule has 3 aliphatic rings. The zero-order valence-corrected chi connectivity index (χ0v) is 16.6. The first-order chi connectivity index (χ1) is 13.8. The van der Waals surface area contributed by atoms with Crippen LogP contribution < -0.4 is 4.90 Å². The molecule has 4 amide bonds. The van der Waals surface area contributed by atoms with Crippen molar-refractivity contribution in [3.05, 3.63) is 33.9 Å². The molecule has 1 aromatic carbocycles. The van der Waals surface area contributed by atoms with Gasteiger partial charge in [-0.1, -0.05) is 6.92 Å². The molecule has 3 heterocycles. The molecule has 4 rings (SSSR count). The van der Waals surface area contributed by atoms with Crippen LogP contribution in [0.15, 0.2) is 18.2 Å². The van der Waals surface area contributed by atoms with E-state index in [2.05, 4.69) is 4.90 Å². The van der Waals surface area contributed by atoms with Crippen molar-refractivity contribution in [3.8, 4) is 0 Å². The molecule has 0 aliphatic carbocycles. The zero-order valence-electron chi connectivity index (χ0n) is 16.6. The topological polar surface area (TPSA) is 104 Å². The summed E-state index contributed by atoms with van der Waals surface area (Å²) < 4.78 is 0. The lowest BCUT2D eigenvalue weighted by Gasteiger charge is -2.55. The molecule has 3 aliphatic heterocycles. The van der Waals surface area contributed by atoms with Crippen molar-refractivity contribution in [2.45, 2.75) is 45.1 Å². The molecule has 0 aromatic heterocycles. The van der Waals surface area contributed by atoms with Gasteiger partial charge in [0.2, 0.25) is 11.8 Å². The summed E-state index contributed by atoms with van der Waals surface area (Å²) in [7, 11) is 1.41. The number of imide groups is 2. The Hall–Kier alpha value is -2.97. The molecule has 1 spiro atoms. The van der Waals surface area contributed by atoms with E-state index >= 15 is 0 Å². The highest BCUT2D eigenvalue weighted by Gasteiger charge is 2.63. The Balaban J connectivity index is 1.90. The molecule has 0 bridgehead atoms. The van der Waals surface area contributed by atoms with Gasteiger partial charge in [0.05, 0.1) is 11.0 Å². The number of hydrogen-bond donors (Lipinski definition) is 0. The molecular weight excluding hydrogens is 376 g/mol. The summed E-state index contributed by atoms with van der Waals surface area (Å²) in [6.45, 7) is 2.78. The van der Waals surface area contributed by atoms with Crippen molar-refractivity contribution in [1.82, 2.24) is 9.80 Å². The highest BCUT2D eigenvalue weighted by Crippen LogP contribution is 2.49. The van der Waals surface area contributed by atoms with Crippen LogP contribution in [0.5, 0.6) is 0 Å². The number of benzene rings is 1. The summed E-state index contributed by atoms with van der Waals surface area (Å²) in [6, 6.07) is 3.68. The molecular formula is C20H24N4O5. The van der Waals surface area contributed by atoms with E-state index in [0.29, 0.717) is 24.9 Å². The van der Waals surface area contributed by atoms with E-state index < -0.39 is 28.2 Å². The second-order valence-corrected chi connectivity index (χ2v) is 8.03. The summed E-state index contributed by atoms with van der Waals surface area (Å²) in [5.74, 6) is -0.976. The van der Waals surface area contributed by atoms with Gasteiger partial charge in [0, 0.05) is 44.4 Å². The fourth-order valence-electron chi connectivity index (χ4n) is 5.10. The SMILES string of the molecule is CCCN1C(=O)N(C)C(=O)[C@]2(Cc3cc([N+](=O)[O-])ccc3N3CCCC[C@H]32)C1=O. The Morgan fingerprint density at radius 3 is 2.66 bits per heavy atom. The molecule has 0 N–H and O–H groups in total. The number of nitrogens with zero attached hydrogens (tertiary/aromatic N) is 4. The Bertz CT molecular complexity index is 916. The van der Waals surface area contributed by atoms with Gasteiger partial charge in [0.15, 0.2) is 5.41 Å². The molecule has 1 aromatic rings. The summed E-state index contributed by atoms with van der Waals surface area (Å²) in [4.78, 5) is 54.8. The van der Waals surface area contributed by atoms with Crippen molar-refractivity contribution in [1.29, 1.82) is 0 Å². The molecule has 154 valence electrons. The van der Waals surface area contributed by atoms with E-state index in [0.717, 1.165) is 23.4 Å². The molecule has 9 heteroatoms. The van der Waals surface area contributed by atoms with Crippen LogP contribution in [-0.2, 0) is 16.0 Å². The maximum absolute atomic E-state index is 13.6. The lowest BCUT2D eigenvalue weighted by Crippen LogP contribution is -2.72. The van der Waals surface area contributed by atoms with Crippen LogP contribution in [0.4, 0.5) is 16.2 Å². The van der Waals surface area contributed by atoms with E-state index in [4.69, 9.17) is 0 Å². The van der Waals surface area contributed by atoms with E-state index in [1.165, 1.54) is 24.1 Å². The van der Waals surface area contributed by atoms with Crippen molar-refractivity contribution < 1.29 is 19.3 Å². The number of carbonyl (C=O) groups excluding carboxylic acids is 3. The largest absolute Gasteiger partial charge is 0.367 e. The van der Waals surface area contributed by atoms with Crippen molar-refractivity contribution in [2.75, 3.05) is 25.0 Å². The van der Waals surface area contributed by atoms with Gasteiger partial charge in [-0.05, 0) is 37.3 Å². The van der Waals surface area contributed by atoms with Crippen LogP contribution in [0.3, 0.4) is 0 Å². The number of fused-ring (bicyclic) bond motifs is 4. The molecule has 0 saturated carbocycles. The molecule has 29 heavy (non-hydrogen) atoms. The average molecular weight is 400 g/mol. The minimum absolute atomic E-state index is 0.0695. The lowest BCUT2D eigenvalue weighted by atomic mass is 9.65. The third kappa shape index (κ3) is 2.63. The Kier molecular flexibility index (Phi) is 4.55. The maximum atomic E-state index is 13.6. The third-order valence-corrected chi connectivity index (χ3v) is 6.40. The van der Waals surface area contributed by atoms with Gasteiger partial charge < -0.3 is 4.90 Å². The number of nitro benzene ring substituents is 1. The fraction of sp³-hybridized carbons (Fsp3) is 0.550. The summed E-state index contributed by atoms with van der Waals surface area (Å²) in [5.41, 5.74) is -0.0493. The molecule has 0 unspecified atom stereocenters. The lowest BCUT2D eigenvalue weighted by molar-refractivity contribution is -0.384. The predicted molar refractivity (Wildman–Crippen MR) is 104 cm³/mol. The Morgan fingerprint density at radius 2 is 1.97 bits per heavy atom. The highest BCUT2D eigenvalue weighted by atomic mass is 16.6. The number of barbiturate groups is 1. The van der Waals surface area contributed by atoms with Crippen LogP contribution >= 0.6 is 0 Å². The van der Waals surface area contributed by atoms with E-state index in [-0.39, 0.29) is 24.7 Å². The number of piperidine rings is 1. The minimum atomic E-state index is -1.43. The monoisotopic (exact) mass is 400 g/mol. The zero-order chi connectivity index (χ0) is 20.9. The predicted octanol–water partition coefficient (Wildman–Crippen LogP) is 2.33. The highest BCUT2D eigenvalue weighted by molar-refractivity contribution is 6.20.